The smallest absolute Gasteiger partial charge is 0.408 e. The summed E-state index contributed by atoms with van der Waals surface area (Å²) in [5.41, 5.74) is 2.13. The third-order valence-corrected chi connectivity index (χ3v) is 6.77. The van der Waals surface area contributed by atoms with Gasteiger partial charge in [-0.2, -0.15) is 0 Å². The minimum absolute atomic E-state index is 0.163. The summed E-state index contributed by atoms with van der Waals surface area (Å²) >= 11 is 0. The summed E-state index contributed by atoms with van der Waals surface area (Å²) in [6, 6.07) is 28.0. The zero-order valence-electron chi connectivity index (χ0n) is 25.1. The number of esters is 1. The fraction of sp³-hybridized carbons (Fsp3) is 0.412. The van der Waals surface area contributed by atoms with Crippen molar-refractivity contribution in [3.63, 3.8) is 0 Å². The Morgan fingerprint density at radius 3 is 1.74 bits per heavy atom. The predicted molar refractivity (Wildman–Crippen MR) is 160 cm³/mol. The minimum Gasteiger partial charge on any atom is -0.467 e. The number of rotatable bonds is 13. The first-order valence-electron chi connectivity index (χ1n) is 14.4. The number of alkyl carbamates (subject to hydrolysis) is 1. The molecule has 0 saturated carbocycles. The first-order chi connectivity index (χ1) is 20.7. The van der Waals surface area contributed by atoms with Crippen molar-refractivity contribution >= 4 is 12.1 Å². The van der Waals surface area contributed by atoms with Gasteiger partial charge in [-0.15, -0.1) is 0 Å². The van der Waals surface area contributed by atoms with Crippen molar-refractivity contribution < 1.29 is 38.0 Å². The average Bonchev–Trinajstić information content (AvgIpc) is 3.34. The van der Waals surface area contributed by atoms with Gasteiger partial charge in [0, 0.05) is 0 Å². The Bertz CT molecular complexity index is 1270. The number of hydrogen-bond acceptors (Lipinski definition) is 8. The van der Waals surface area contributed by atoms with E-state index in [0.717, 1.165) is 16.7 Å². The van der Waals surface area contributed by atoms with Gasteiger partial charge < -0.3 is 33.7 Å². The molecule has 1 heterocycles. The summed E-state index contributed by atoms with van der Waals surface area (Å²) < 4.78 is 36.0. The van der Waals surface area contributed by atoms with E-state index in [0.29, 0.717) is 6.61 Å². The number of carbonyl (C=O) groups excluding carboxylic acids is 2. The van der Waals surface area contributed by atoms with E-state index in [1.807, 2.05) is 91.0 Å². The molecule has 3 aromatic carbocycles. The number of methoxy groups -OCH3 is 1. The van der Waals surface area contributed by atoms with Crippen LogP contribution in [0.1, 0.15) is 37.5 Å². The summed E-state index contributed by atoms with van der Waals surface area (Å²) in [5.74, 6) is -0.697. The van der Waals surface area contributed by atoms with E-state index < -0.39 is 48.1 Å². The van der Waals surface area contributed by atoms with Crippen LogP contribution in [0.15, 0.2) is 91.0 Å². The van der Waals surface area contributed by atoms with Crippen molar-refractivity contribution in [1.82, 2.24) is 5.32 Å². The lowest BCUT2D eigenvalue weighted by Crippen LogP contribution is -2.55. The maximum absolute atomic E-state index is 13.1. The lowest BCUT2D eigenvalue weighted by atomic mass is 10.0. The van der Waals surface area contributed by atoms with E-state index >= 15 is 0 Å². The molecule has 1 fully saturated rings. The molecule has 1 N–H and O–H groups in total. The molecule has 0 bridgehead atoms. The van der Waals surface area contributed by atoms with Crippen LogP contribution in [0.3, 0.4) is 0 Å². The summed E-state index contributed by atoms with van der Waals surface area (Å²) in [7, 11) is 1.25. The Hall–Kier alpha value is -3.76. The van der Waals surface area contributed by atoms with Crippen molar-refractivity contribution in [2.45, 2.75) is 76.7 Å². The lowest BCUT2D eigenvalue weighted by molar-refractivity contribution is -0.151. The van der Waals surface area contributed by atoms with Gasteiger partial charge in [0.05, 0.1) is 33.5 Å². The van der Waals surface area contributed by atoms with E-state index in [2.05, 4.69) is 5.32 Å². The van der Waals surface area contributed by atoms with Gasteiger partial charge in [-0.05, 0) is 37.5 Å². The van der Waals surface area contributed by atoms with Crippen LogP contribution in [-0.4, -0.2) is 61.8 Å². The van der Waals surface area contributed by atoms with E-state index in [1.54, 1.807) is 20.8 Å². The first kappa shape index (κ1) is 32.2. The standard InChI is InChI=1S/C34H41NO8/c1-34(2,3)43-33(37)35-28(32(36)38-4)30-31(41-22-26-18-12-7-13-19-26)29(40-21-25-16-10-6-11-17-25)27(42-30)23-39-20-24-14-8-5-9-15-24/h5-19,27-31H,20-23H2,1-4H3,(H,35,37)/t27-,28+,29+,30-,31-/m0/s1. The molecule has 1 amide bonds. The Balaban J connectivity index is 1.61. The van der Waals surface area contributed by atoms with E-state index in [1.165, 1.54) is 7.11 Å². The molecule has 1 aliphatic heterocycles. The van der Waals surface area contributed by atoms with Crippen LogP contribution >= 0.6 is 0 Å². The number of nitrogens with one attached hydrogen (secondary N) is 1. The van der Waals surface area contributed by atoms with Gasteiger partial charge in [0.2, 0.25) is 0 Å². The SMILES string of the molecule is COC(=O)[C@H](NC(=O)OC(C)(C)C)[C@@H]1O[C@@H](COCc2ccccc2)[C@@H](OCc2ccccc2)[C@@H]1OCc1ccccc1. The molecule has 4 rings (SSSR count). The molecule has 5 atom stereocenters. The number of amides is 1. The van der Waals surface area contributed by atoms with Crippen LogP contribution < -0.4 is 5.32 Å². The normalized spacial score (nSPS) is 20.7. The van der Waals surface area contributed by atoms with Crippen LogP contribution in [0, 0.1) is 0 Å². The molecule has 1 aliphatic rings. The molecule has 3 aromatic rings. The second-order valence-corrected chi connectivity index (χ2v) is 11.3. The van der Waals surface area contributed by atoms with Gasteiger partial charge in [0.1, 0.15) is 30.0 Å². The molecule has 9 nitrogen and oxygen atoms in total. The molecule has 43 heavy (non-hydrogen) atoms. The fourth-order valence-electron chi connectivity index (χ4n) is 4.79. The monoisotopic (exact) mass is 591 g/mol. The van der Waals surface area contributed by atoms with Gasteiger partial charge in [0.15, 0.2) is 6.04 Å². The Kier molecular flexibility index (Phi) is 11.7. The molecule has 0 radical (unpaired) electrons. The quantitative estimate of drug-likeness (QED) is 0.271. The summed E-state index contributed by atoms with van der Waals surface area (Å²) in [6.07, 6.45) is -3.77. The largest absolute Gasteiger partial charge is 0.467 e. The minimum atomic E-state index is -1.23. The second-order valence-electron chi connectivity index (χ2n) is 11.3. The average molecular weight is 592 g/mol. The highest BCUT2D eigenvalue weighted by molar-refractivity contribution is 5.82. The Morgan fingerprint density at radius 2 is 1.26 bits per heavy atom. The van der Waals surface area contributed by atoms with E-state index in [-0.39, 0.29) is 19.8 Å². The third kappa shape index (κ3) is 9.90. The second kappa shape index (κ2) is 15.6. The van der Waals surface area contributed by atoms with Crippen molar-refractivity contribution in [2.75, 3.05) is 13.7 Å². The van der Waals surface area contributed by atoms with Gasteiger partial charge in [-0.1, -0.05) is 91.0 Å². The lowest BCUT2D eigenvalue weighted by Gasteiger charge is -2.29. The highest BCUT2D eigenvalue weighted by Gasteiger charge is 2.52. The van der Waals surface area contributed by atoms with Crippen molar-refractivity contribution in [1.29, 1.82) is 0 Å². The molecule has 1 saturated heterocycles. The van der Waals surface area contributed by atoms with E-state index in [4.69, 9.17) is 28.4 Å². The van der Waals surface area contributed by atoms with Crippen LogP contribution in [0.4, 0.5) is 4.79 Å². The Morgan fingerprint density at radius 1 is 0.767 bits per heavy atom. The van der Waals surface area contributed by atoms with Gasteiger partial charge >= 0.3 is 12.1 Å². The number of hydrogen-bond donors (Lipinski definition) is 1. The molecule has 9 heteroatoms. The van der Waals surface area contributed by atoms with E-state index in [9.17, 15) is 9.59 Å². The highest BCUT2D eigenvalue weighted by Crippen LogP contribution is 2.31. The molecule has 0 aliphatic carbocycles. The predicted octanol–water partition coefficient (Wildman–Crippen LogP) is 5.21. The number of benzene rings is 3. The molecular weight excluding hydrogens is 550 g/mol. The number of carbonyl (C=O) groups is 2. The third-order valence-electron chi connectivity index (χ3n) is 6.77. The van der Waals surface area contributed by atoms with Gasteiger partial charge in [0.25, 0.3) is 0 Å². The van der Waals surface area contributed by atoms with Crippen LogP contribution in [0.25, 0.3) is 0 Å². The molecule has 230 valence electrons. The van der Waals surface area contributed by atoms with Gasteiger partial charge in [-0.25, -0.2) is 9.59 Å². The zero-order chi connectivity index (χ0) is 30.7. The Labute approximate surface area is 253 Å². The summed E-state index contributed by atoms with van der Waals surface area (Å²) in [5, 5.41) is 2.65. The molecule has 0 spiro atoms. The van der Waals surface area contributed by atoms with Crippen LogP contribution in [0.2, 0.25) is 0 Å². The van der Waals surface area contributed by atoms with Gasteiger partial charge in [-0.3, -0.25) is 0 Å². The number of ether oxygens (including phenoxy) is 6. The topological polar surface area (TPSA) is 102 Å². The van der Waals surface area contributed by atoms with Crippen molar-refractivity contribution in [3.05, 3.63) is 108 Å². The molecular formula is C34H41NO8. The molecule has 0 unspecified atom stereocenters. The van der Waals surface area contributed by atoms with Crippen LogP contribution in [-0.2, 0) is 53.0 Å². The highest BCUT2D eigenvalue weighted by atomic mass is 16.6. The summed E-state index contributed by atoms with van der Waals surface area (Å²) in [4.78, 5) is 26.0. The maximum Gasteiger partial charge on any atom is 0.408 e. The zero-order valence-corrected chi connectivity index (χ0v) is 25.1. The first-order valence-corrected chi connectivity index (χ1v) is 14.4. The van der Waals surface area contributed by atoms with Crippen molar-refractivity contribution in [2.24, 2.45) is 0 Å². The molecule has 0 aromatic heterocycles. The summed E-state index contributed by atoms with van der Waals surface area (Å²) in [6.45, 7) is 6.26. The van der Waals surface area contributed by atoms with Crippen LogP contribution in [0.5, 0.6) is 0 Å². The van der Waals surface area contributed by atoms with Crippen molar-refractivity contribution in [3.8, 4) is 0 Å². The fourth-order valence-corrected chi connectivity index (χ4v) is 4.79. The maximum atomic E-state index is 13.1.